The Morgan fingerprint density at radius 2 is 1.82 bits per heavy atom. The molecular formula is C17H20F5IN4S. The van der Waals surface area contributed by atoms with Gasteiger partial charge in [-0.2, -0.15) is 13.2 Å². The number of aliphatic imine (C=N–C) groups is 1. The van der Waals surface area contributed by atoms with Crippen molar-refractivity contribution < 1.29 is 22.0 Å². The van der Waals surface area contributed by atoms with E-state index in [0.717, 1.165) is 16.7 Å². The number of guanidine groups is 1. The Kier molecular flexibility index (Phi) is 10.1. The molecule has 0 saturated heterocycles. The summed E-state index contributed by atoms with van der Waals surface area (Å²) >= 11 is 0.935. The second kappa shape index (κ2) is 11.5. The minimum absolute atomic E-state index is 0. The molecule has 28 heavy (non-hydrogen) atoms. The van der Waals surface area contributed by atoms with Crippen LogP contribution in [0.1, 0.15) is 23.2 Å². The quantitative estimate of drug-likeness (QED) is 0.240. The van der Waals surface area contributed by atoms with Crippen molar-refractivity contribution in [2.24, 2.45) is 4.99 Å². The molecule has 0 radical (unpaired) electrons. The van der Waals surface area contributed by atoms with Gasteiger partial charge in [-0.3, -0.25) is 4.99 Å². The van der Waals surface area contributed by atoms with Gasteiger partial charge in [0.2, 0.25) is 0 Å². The molecule has 1 aromatic heterocycles. The van der Waals surface area contributed by atoms with Gasteiger partial charge in [-0.05, 0) is 25.5 Å². The highest BCUT2D eigenvalue weighted by molar-refractivity contribution is 14.0. The average molecular weight is 534 g/mol. The smallest absolute Gasteiger partial charge is 0.357 e. The Balaban J connectivity index is 0.00000392. The normalized spacial score (nSPS) is 11.9. The van der Waals surface area contributed by atoms with Crippen molar-refractivity contribution in [1.29, 1.82) is 0 Å². The van der Waals surface area contributed by atoms with Gasteiger partial charge in [0.15, 0.2) is 11.7 Å². The topological polar surface area (TPSA) is 49.3 Å². The Hall–Kier alpha value is -1.50. The number of nitrogens with one attached hydrogen (secondary N) is 2. The molecule has 2 aromatic rings. The van der Waals surface area contributed by atoms with Crippen molar-refractivity contribution in [3.63, 3.8) is 0 Å². The number of alkyl halides is 3. The average Bonchev–Trinajstić information content (AvgIpc) is 3.07. The van der Waals surface area contributed by atoms with Crippen molar-refractivity contribution in [1.82, 2.24) is 15.6 Å². The summed E-state index contributed by atoms with van der Waals surface area (Å²) in [5.41, 5.74) is -0.910. The molecule has 0 fully saturated rings. The molecule has 0 aliphatic carbocycles. The Bertz CT molecular complexity index is 759. The first kappa shape index (κ1) is 24.5. The van der Waals surface area contributed by atoms with Crippen LogP contribution in [0, 0.1) is 11.6 Å². The molecule has 1 heterocycles. The van der Waals surface area contributed by atoms with Crippen molar-refractivity contribution >= 4 is 41.3 Å². The zero-order valence-corrected chi connectivity index (χ0v) is 18.1. The van der Waals surface area contributed by atoms with E-state index in [-0.39, 0.29) is 55.5 Å². The molecule has 0 atom stereocenters. The van der Waals surface area contributed by atoms with Crippen LogP contribution in [0.3, 0.4) is 0 Å². The second-order valence-electron chi connectivity index (χ2n) is 5.51. The van der Waals surface area contributed by atoms with Crippen LogP contribution in [0.5, 0.6) is 0 Å². The molecule has 0 aliphatic heterocycles. The summed E-state index contributed by atoms with van der Waals surface area (Å²) in [6, 6.07) is 3.69. The highest BCUT2D eigenvalue weighted by atomic mass is 127. The molecule has 0 amide bonds. The summed E-state index contributed by atoms with van der Waals surface area (Å²) in [5, 5.41) is 7.24. The number of hydrogen-bond donors (Lipinski definition) is 2. The van der Waals surface area contributed by atoms with E-state index in [1.807, 2.05) is 6.92 Å². The maximum atomic E-state index is 13.6. The summed E-state index contributed by atoms with van der Waals surface area (Å²) in [5.74, 6) is -0.798. The van der Waals surface area contributed by atoms with Gasteiger partial charge in [0.25, 0.3) is 0 Å². The summed E-state index contributed by atoms with van der Waals surface area (Å²) < 4.78 is 64.8. The van der Waals surface area contributed by atoms with Gasteiger partial charge in [-0.15, -0.1) is 35.3 Å². The third-order valence-corrected chi connectivity index (χ3v) is 4.42. The molecule has 1 aromatic carbocycles. The number of rotatable bonds is 7. The first-order valence-corrected chi connectivity index (χ1v) is 9.16. The van der Waals surface area contributed by atoms with E-state index >= 15 is 0 Å². The van der Waals surface area contributed by atoms with E-state index in [4.69, 9.17) is 0 Å². The maximum Gasteiger partial charge on any atom is 0.434 e. The SMILES string of the molecule is CCNC(=NCCc1nc(C(F)(F)F)cs1)NCCc1c(F)cccc1F.I. The van der Waals surface area contributed by atoms with Gasteiger partial charge < -0.3 is 10.6 Å². The van der Waals surface area contributed by atoms with Crippen LogP contribution in [-0.2, 0) is 19.0 Å². The minimum Gasteiger partial charge on any atom is -0.357 e. The van der Waals surface area contributed by atoms with Gasteiger partial charge in [0.1, 0.15) is 11.6 Å². The van der Waals surface area contributed by atoms with Gasteiger partial charge in [-0.25, -0.2) is 13.8 Å². The van der Waals surface area contributed by atoms with E-state index in [1.165, 1.54) is 18.2 Å². The maximum absolute atomic E-state index is 13.6. The minimum atomic E-state index is -4.45. The lowest BCUT2D eigenvalue weighted by Crippen LogP contribution is -2.38. The molecule has 0 saturated carbocycles. The number of aromatic nitrogens is 1. The highest BCUT2D eigenvalue weighted by Gasteiger charge is 2.33. The molecule has 2 rings (SSSR count). The molecule has 2 N–H and O–H groups in total. The number of nitrogens with zero attached hydrogens (tertiary/aromatic N) is 2. The number of benzene rings is 1. The largest absolute Gasteiger partial charge is 0.434 e. The molecule has 11 heteroatoms. The van der Waals surface area contributed by atoms with Crippen molar-refractivity contribution in [2.75, 3.05) is 19.6 Å². The van der Waals surface area contributed by atoms with E-state index in [2.05, 4.69) is 20.6 Å². The standard InChI is InChI=1S/C17H19F5N4S.HI/c1-2-23-16(24-8-6-11-12(18)4-3-5-13(11)19)25-9-7-15-26-14(10-27-15)17(20,21)22;/h3-5,10H,2,6-9H2,1H3,(H2,23,24,25);1H. The van der Waals surface area contributed by atoms with Crippen LogP contribution >= 0.6 is 35.3 Å². The lowest BCUT2D eigenvalue weighted by atomic mass is 10.1. The number of thiazole rings is 1. The third-order valence-electron chi connectivity index (χ3n) is 3.51. The fraction of sp³-hybridized carbons (Fsp3) is 0.412. The summed E-state index contributed by atoms with van der Waals surface area (Å²) in [7, 11) is 0. The second-order valence-corrected chi connectivity index (χ2v) is 6.45. The lowest BCUT2D eigenvalue weighted by Gasteiger charge is -2.11. The molecule has 156 valence electrons. The monoisotopic (exact) mass is 534 g/mol. The lowest BCUT2D eigenvalue weighted by molar-refractivity contribution is -0.140. The molecule has 0 bridgehead atoms. The molecular weight excluding hydrogens is 514 g/mol. The molecule has 0 aliphatic rings. The first-order valence-electron chi connectivity index (χ1n) is 8.28. The summed E-state index contributed by atoms with van der Waals surface area (Å²) in [4.78, 5) is 7.79. The van der Waals surface area contributed by atoms with E-state index in [0.29, 0.717) is 17.5 Å². The predicted octanol–water partition coefficient (Wildman–Crippen LogP) is 4.40. The van der Waals surface area contributed by atoms with Gasteiger partial charge >= 0.3 is 6.18 Å². The predicted molar refractivity (Wildman–Crippen MR) is 110 cm³/mol. The zero-order valence-electron chi connectivity index (χ0n) is 14.9. The van der Waals surface area contributed by atoms with Crippen LogP contribution in [0.25, 0.3) is 0 Å². The molecule has 0 spiro atoms. The zero-order chi connectivity index (χ0) is 19.9. The van der Waals surface area contributed by atoms with E-state index in [9.17, 15) is 22.0 Å². The first-order chi connectivity index (χ1) is 12.8. The van der Waals surface area contributed by atoms with Gasteiger partial charge in [0, 0.05) is 37.0 Å². The van der Waals surface area contributed by atoms with Gasteiger partial charge in [-0.1, -0.05) is 6.07 Å². The van der Waals surface area contributed by atoms with Crippen LogP contribution in [0.4, 0.5) is 22.0 Å². The van der Waals surface area contributed by atoms with E-state index in [1.54, 1.807) is 0 Å². The van der Waals surface area contributed by atoms with Gasteiger partial charge in [0.05, 0.1) is 5.01 Å². The van der Waals surface area contributed by atoms with Crippen molar-refractivity contribution in [3.8, 4) is 0 Å². The van der Waals surface area contributed by atoms with Crippen LogP contribution < -0.4 is 10.6 Å². The number of hydrogen-bond acceptors (Lipinski definition) is 3. The van der Waals surface area contributed by atoms with Crippen LogP contribution in [0.15, 0.2) is 28.6 Å². The summed E-state index contributed by atoms with van der Waals surface area (Å²) in [6.07, 6.45) is -4.06. The fourth-order valence-corrected chi connectivity index (χ4v) is 3.03. The van der Waals surface area contributed by atoms with Crippen molar-refractivity contribution in [3.05, 3.63) is 51.5 Å². The molecule has 4 nitrogen and oxygen atoms in total. The van der Waals surface area contributed by atoms with Crippen LogP contribution in [-0.4, -0.2) is 30.6 Å². The van der Waals surface area contributed by atoms with Crippen LogP contribution in [0.2, 0.25) is 0 Å². The Morgan fingerprint density at radius 1 is 1.14 bits per heavy atom. The Labute approximate surface area is 180 Å². The van der Waals surface area contributed by atoms with E-state index < -0.39 is 23.5 Å². The van der Waals surface area contributed by atoms with Crippen molar-refractivity contribution in [2.45, 2.75) is 25.9 Å². The fourth-order valence-electron chi connectivity index (χ4n) is 2.24. The number of halogens is 6. The highest BCUT2D eigenvalue weighted by Crippen LogP contribution is 2.30. The molecule has 0 unspecified atom stereocenters. The summed E-state index contributed by atoms with van der Waals surface area (Å²) in [6.45, 7) is 2.90. The Morgan fingerprint density at radius 3 is 2.39 bits per heavy atom. The third kappa shape index (κ3) is 7.49.